The van der Waals surface area contributed by atoms with Gasteiger partial charge in [0.1, 0.15) is 5.76 Å². The summed E-state index contributed by atoms with van der Waals surface area (Å²) < 4.78 is 6.76. The van der Waals surface area contributed by atoms with E-state index < -0.39 is 6.10 Å². The quantitative estimate of drug-likeness (QED) is 0.909. The molecule has 66 valence electrons. The van der Waals surface area contributed by atoms with Gasteiger partial charge in [-0.15, -0.1) is 0 Å². The van der Waals surface area contributed by atoms with Crippen LogP contribution in [0.5, 0.6) is 0 Å². The van der Waals surface area contributed by atoms with Gasteiger partial charge in [-0.1, -0.05) is 6.08 Å². The summed E-state index contributed by atoms with van der Waals surface area (Å²) in [7, 11) is 0. The van der Waals surface area contributed by atoms with Gasteiger partial charge in [0, 0.05) is 0 Å². The molecule has 0 saturated carbocycles. The Morgan fingerprint density at radius 1 is 1.58 bits per heavy atom. The molecule has 0 bridgehead atoms. The normalized spacial score (nSPS) is 14.0. The van der Waals surface area contributed by atoms with Crippen molar-refractivity contribution < 1.29 is 9.52 Å². The van der Waals surface area contributed by atoms with Crippen LogP contribution in [0.4, 0.5) is 0 Å². The first-order chi connectivity index (χ1) is 5.59. The number of halogens is 2. The van der Waals surface area contributed by atoms with Crippen LogP contribution in [0.25, 0.3) is 6.08 Å². The molecule has 0 amide bonds. The molecule has 0 spiro atoms. The van der Waals surface area contributed by atoms with Crippen LogP contribution in [-0.2, 0) is 0 Å². The first-order valence-corrected chi connectivity index (χ1v) is 4.99. The molecule has 0 fully saturated rings. The van der Waals surface area contributed by atoms with E-state index in [1.165, 1.54) is 0 Å². The average molecular weight is 296 g/mol. The Morgan fingerprint density at radius 2 is 2.25 bits per heavy atom. The third-order valence-corrected chi connectivity index (χ3v) is 2.91. The smallest absolute Gasteiger partial charge is 0.184 e. The minimum absolute atomic E-state index is 0.451. The maximum atomic E-state index is 8.94. The van der Waals surface area contributed by atoms with Crippen molar-refractivity contribution >= 4 is 37.9 Å². The van der Waals surface area contributed by atoms with Crippen molar-refractivity contribution in [3.05, 3.63) is 27.0 Å². The van der Waals surface area contributed by atoms with E-state index in [0.717, 1.165) is 4.47 Å². The van der Waals surface area contributed by atoms with E-state index in [1.807, 2.05) is 6.07 Å². The molecule has 1 N–H and O–H groups in total. The first-order valence-electron chi connectivity index (χ1n) is 3.40. The summed E-state index contributed by atoms with van der Waals surface area (Å²) in [5.41, 5.74) is 0. The summed E-state index contributed by atoms with van der Waals surface area (Å²) in [5, 5.41) is 8.94. The molecule has 1 rings (SSSR count). The second-order valence-corrected chi connectivity index (χ2v) is 3.94. The number of hydrogen-bond acceptors (Lipinski definition) is 2. The van der Waals surface area contributed by atoms with Crippen LogP contribution in [-0.4, -0.2) is 11.2 Å². The van der Waals surface area contributed by atoms with Crippen LogP contribution in [0.1, 0.15) is 12.7 Å². The topological polar surface area (TPSA) is 33.4 Å². The highest BCUT2D eigenvalue weighted by Crippen LogP contribution is 2.27. The van der Waals surface area contributed by atoms with Crippen LogP contribution in [0.2, 0.25) is 0 Å². The fourth-order valence-corrected chi connectivity index (χ4v) is 1.29. The molecule has 0 aliphatic heterocycles. The first kappa shape index (κ1) is 10.0. The van der Waals surface area contributed by atoms with Crippen molar-refractivity contribution in [1.29, 1.82) is 0 Å². The van der Waals surface area contributed by atoms with Crippen LogP contribution < -0.4 is 0 Å². The molecule has 0 aliphatic carbocycles. The lowest BCUT2D eigenvalue weighted by Gasteiger charge is -1.90. The highest BCUT2D eigenvalue weighted by Gasteiger charge is 2.02. The van der Waals surface area contributed by atoms with Crippen molar-refractivity contribution in [2.45, 2.75) is 13.0 Å². The molecule has 12 heavy (non-hydrogen) atoms. The highest BCUT2D eigenvalue weighted by atomic mass is 79.9. The molecule has 0 radical (unpaired) electrons. The fraction of sp³-hybridized carbons (Fsp3) is 0.250. The largest absolute Gasteiger partial charge is 0.449 e. The fourth-order valence-electron chi connectivity index (χ4n) is 0.680. The molecular formula is C8H8Br2O2. The third-order valence-electron chi connectivity index (χ3n) is 1.20. The van der Waals surface area contributed by atoms with Crippen molar-refractivity contribution in [3.8, 4) is 0 Å². The Kier molecular flexibility index (Phi) is 3.55. The number of furan rings is 1. The number of hydrogen-bond donors (Lipinski definition) is 1. The van der Waals surface area contributed by atoms with E-state index in [-0.39, 0.29) is 0 Å². The molecule has 4 heteroatoms. The summed E-state index contributed by atoms with van der Waals surface area (Å²) in [6, 6.07) is 1.82. The Bertz CT molecular complexity index is 270. The molecule has 0 saturated heterocycles. The molecule has 0 aromatic carbocycles. The molecule has 1 heterocycles. The van der Waals surface area contributed by atoms with Gasteiger partial charge in [-0.05, 0) is 50.9 Å². The molecule has 1 unspecified atom stereocenters. The van der Waals surface area contributed by atoms with E-state index in [9.17, 15) is 0 Å². The van der Waals surface area contributed by atoms with Gasteiger partial charge >= 0.3 is 0 Å². The van der Waals surface area contributed by atoms with Crippen molar-refractivity contribution in [1.82, 2.24) is 0 Å². The van der Waals surface area contributed by atoms with Gasteiger partial charge < -0.3 is 9.52 Å². The Labute approximate surface area is 87.5 Å². The van der Waals surface area contributed by atoms with Crippen LogP contribution in [0.15, 0.2) is 25.7 Å². The van der Waals surface area contributed by atoms with Gasteiger partial charge in [-0.25, -0.2) is 0 Å². The molecule has 2 nitrogen and oxygen atoms in total. The molecule has 1 aromatic heterocycles. The Morgan fingerprint density at radius 3 is 2.67 bits per heavy atom. The minimum Gasteiger partial charge on any atom is -0.449 e. The zero-order valence-corrected chi connectivity index (χ0v) is 9.59. The second kappa shape index (κ2) is 4.25. The van der Waals surface area contributed by atoms with Gasteiger partial charge in [-0.3, -0.25) is 0 Å². The zero-order valence-electron chi connectivity index (χ0n) is 6.42. The van der Waals surface area contributed by atoms with Crippen LogP contribution in [0.3, 0.4) is 0 Å². The lowest BCUT2D eigenvalue weighted by Crippen LogP contribution is -1.90. The summed E-state index contributed by atoms with van der Waals surface area (Å²) in [6.45, 7) is 1.68. The number of aliphatic hydroxyl groups is 1. The van der Waals surface area contributed by atoms with Crippen LogP contribution in [0, 0.1) is 0 Å². The Hall–Kier alpha value is -0.0600. The summed E-state index contributed by atoms with van der Waals surface area (Å²) in [6.07, 6.45) is 2.92. The van der Waals surface area contributed by atoms with Crippen molar-refractivity contribution in [2.75, 3.05) is 0 Å². The van der Waals surface area contributed by atoms with E-state index in [2.05, 4.69) is 31.9 Å². The number of aliphatic hydroxyl groups excluding tert-OH is 1. The predicted molar refractivity (Wildman–Crippen MR) is 54.8 cm³/mol. The van der Waals surface area contributed by atoms with Gasteiger partial charge in [0.2, 0.25) is 0 Å². The lowest BCUT2D eigenvalue weighted by molar-refractivity contribution is 0.245. The van der Waals surface area contributed by atoms with Gasteiger partial charge in [0.15, 0.2) is 4.67 Å². The monoisotopic (exact) mass is 294 g/mol. The highest BCUT2D eigenvalue weighted by molar-refractivity contribution is 9.13. The molecule has 1 aromatic rings. The van der Waals surface area contributed by atoms with Gasteiger partial charge in [-0.2, -0.15) is 0 Å². The maximum absolute atomic E-state index is 8.94. The third kappa shape index (κ3) is 2.77. The molecular weight excluding hydrogens is 288 g/mol. The van der Waals surface area contributed by atoms with Crippen molar-refractivity contribution in [2.24, 2.45) is 0 Å². The molecule has 0 aliphatic rings. The molecule has 1 atom stereocenters. The average Bonchev–Trinajstić information content (AvgIpc) is 2.28. The minimum atomic E-state index is -0.451. The second-order valence-electron chi connectivity index (χ2n) is 2.37. The van der Waals surface area contributed by atoms with E-state index in [1.54, 1.807) is 19.1 Å². The summed E-state index contributed by atoms with van der Waals surface area (Å²) in [4.78, 5) is 0. The van der Waals surface area contributed by atoms with Gasteiger partial charge in [0.25, 0.3) is 0 Å². The van der Waals surface area contributed by atoms with Gasteiger partial charge in [0.05, 0.1) is 10.6 Å². The zero-order chi connectivity index (χ0) is 9.14. The lowest BCUT2D eigenvalue weighted by atomic mass is 10.3. The SMILES string of the molecule is CC(O)/C=C/c1cc(Br)c(Br)o1. The Balaban J connectivity index is 2.77. The number of rotatable bonds is 2. The van der Waals surface area contributed by atoms with Crippen LogP contribution >= 0.6 is 31.9 Å². The van der Waals surface area contributed by atoms with E-state index in [4.69, 9.17) is 9.52 Å². The van der Waals surface area contributed by atoms with E-state index in [0.29, 0.717) is 10.4 Å². The maximum Gasteiger partial charge on any atom is 0.184 e. The van der Waals surface area contributed by atoms with E-state index >= 15 is 0 Å². The summed E-state index contributed by atoms with van der Waals surface area (Å²) in [5.74, 6) is 0.703. The predicted octanol–water partition coefficient (Wildman–Crippen LogP) is 3.20. The standard InChI is InChI=1S/C8H8Br2O2/c1-5(11)2-3-6-4-7(9)8(10)12-6/h2-5,11H,1H3/b3-2+. The summed E-state index contributed by atoms with van der Waals surface area (Å²) >= 11 is 6.50. The van der Waals surface area contributed by atoms with Crippen molar-refractivity contribution in [3.63, 3.8) is 0 Å².